The molecule has 0 unspecified atom stereocenters. The first-order chi connectivity index (χ1) is 14.1. The van der Waals surface area contributed by atoms with Crippen LogP contribution in [-0.4, -0.2) is 52.7 Å². The molecule has 1 aliphatic rings. The summed E-state index contributed by atoms with van der Waals surface area (Å²) in [4.78, 5) is 34.0. The number of nitrogens with zero attached hydrogens (tertiary/aromatic N) is 3. The van der Waals surface area contributed by atoms with Crippen molar-refractivity contribution in [1.29, 1.82) is 0 Å². The van der Waals surface area contributed by atoms with Gasteiger partial charge in [-0.15, -0.1) is 11.3 Å². The summed E-state index contributed by atoms with van der Waals surface area (Å²) in [7, 11) is 0. The summed E-state index contributed by atoms with van der Waals surface area (Å²) in [6, 6.07) is 13.7. The van der Waals surface area contributed by atoms with Crippen molar-refractivity contribution in [2.45, 2.75) is 19.4 Å². The molecule has 2 aromatic heterocycles. The lowest BCUT2D eigenvalue weighted by molar-refractivity contribution is -0.132. The average Bonchev–Trinajstić information content (AvgIpc) is 3.19. The van der Waals surface area contributed by atoms with E-state index in [2.05, 4.69) is 34.1 Å². The summed E-state index contributed by atoms with van der Waals surface area (Å²) in [5.74, 6) is 0.0322. The van der Waals surface area contributed by atoms with Gasteiger partial charge in [0.1, 0.15) is 0 Å². The molecule has 7 heteroatoms. The number of piperazine rings is 1. The van der Waals surface area contributed by atoms with Gasteiger partial charge in [-0.3, -0.25) is 19.5 Å². The molecule has 0 aliphatic carbocycles. The Balaban J connectivity index is 1.27. The summed E-state index contributed by atoms with van der Waals surface area (Å²) < 4.78 is 0.595. The number of ketones is 1. The molecule has 0 bridgehead atoms. The Labute approximate surface area is 178 Å². The third kappa shape index (κ3) is 4.83. The fourth-order valence-electron chi connectivity index (χ4n) is 3.66. The zero-order valence-electron chi connectivity index (χ0n) is 16.0. The van der Waals surface area contributed by atoms with Crippen LogP contribution in [0.15, 0.2) is 48.7 Å². The number of Topliss-reactive ketones (excluding diaryl/α,β-unsaturated/α-hetero) is 1. The molecule has 4 rings (SSSR count). The van der Waals surface area contributed by atoms with Crippen LogP contribution in [0.3, 0.4) is 0 Å². The predicted octanol–water partition coefficient (Wildman–Crippen LogP) is 4.26. The number of rotatable bonds is 6. The lowest BCUT2D eigenvalue weighted by Crippen LogP contribution is -2.48. The van der Waals surface area contributed by atoms with Crippen molar-refractivity contribution in [1.82, 2.24) is 14.8 Å². The summed E-state index contributed by atoms with van der Waals surface area (Å²) in [6.07, 6.45) is 2.31. The Morgan fingerprint density at radius 2 is 1.79 bits per heavy atom. The van der Waals surface area contributed by atoms with Crippen molar-refractivity contribution in [2.75, 3.05) is 26.2 Å². The van der Waals surface area contributed by atoms with Crippen molar-refractivity contribution < 1.29 is 9.59 Å². The first-order valence-electron chi connectivity index (χ1n) is 9.71. The number of aromatic nitrogens is 1. The molecule has 0 N–H and O–H groups in total. The Kier molecular flexibility index (Phi) is 6.23. The van der Waals surface area contributed by atoms with Gasteiger partial charge in [0.05, 0.1) is 14.7 Å². The SMILES string of the molecule is O=C(CCC(=O)N1CCN(Cc2cccc3cccnc23)CC1)c1ccc(Cl)s1. The zero-order valence-corrected chi connectivity index (χ0v) is 17.6. The van der Waals surface area contributed by atoms with Crippen molar-refractivity contribution in [2.24, 2.45) is 0 Å². The van der Waals surface area contributed by atoms with Gasteiger partial charge in [0.2, 0.25) is 5.91 Å². The molecular formula is C22H22ClN3O2S. The minimum atomic E-state index is -0.0164. The van der Waals surface area contributed by atoms with E-state index in [1.807, 2.05) is 17.2 Å². The van der Waals surface area contributed by atoms with E-state index in [0.29, 0.717) is 22.3 Å². The van der Waals surface area contributed by atoms with Crippen LogP contribution in [0.2, 0.25) is 4.34 Å². The fraction of sp³-hybridized carbons (Fsp3) is 0.318. The molecule has 1 aliphatic heterocycles. The predicted molar refractivity (Wildman–Crippen MR) is 116 cm³/mol. The Hall–Kier alpha value is -2.28. The maximum absolute atomic E-state index is 12.5. The van der Waals surface area contributed by atoms with E-state index < -0.39 is 0 Å². The Bertz CT molecular complexity index is 1020. The molecule has 1 aromatic carbocycles. The molecule has 3 heterocycles. The molecule has 3 aromatic rings. The number of halogens is 1. The van der Waals surface area contributed by atoms with Crippen LogP contribution in [0.25, 0.3) is 10.9 Å². The number of hydrogen-bond donors (Lipinski definition) is 0. The lowest BCUT2D eigenvalue weighted by atomic mass is 10.1. The van der Waals surface area contributed by atoms with Gasteiger partial charge in [0, 0.05) is 57.1 Å². The van der Waals surface area contributed by atoms with Gasteiger partial charge >= 0.3 is 0 Å². The maximum Gasteiger partial charge on any atom is 0.223 e. The van der Waals surface area contributed by atoms with Gasteiger partial charge in [-0.05, 0) is 23.8 Å². The number of para-hydroxylation sites is 1. The van der Waals surface area contributed by atoms with Crippen molar-refractivity contribution in [3.63, 3.8) is 0 Å². The number of pyridine rings is 1. The standard InChI is InChI=1S/C22H22ClN3O2S/c23-20-8-7-19(29-20)18(27)6-9-21(28)26-13-11-25(12-14-26)15-17-4-1-3-16-5-2-10-24-22(16)17/h1-5,7-8,10H,6,9,11-15H2. The molecule has 5 nitrogen and oxygen atoms in total. The summed E-state index contributed by atoms with van der Waals surface area (Å²) >= 11 is 7.14. The topological polar surface area (TPSA) is 53.5 Å². The van der Waals surface area contributed by atoms with Crippen LogP contribution in [0.5, 0.6) is 0 Å². The molecule has 0 saturated carbocycles. The molecule has 1 amide bonds. The molecule has 150 valence electrons. The minimum Gasteiger partial charge on any atom is -0.340 e. The van der Waals surface area contributed by atoms with E-state index >= 15 is 0 Å². The van der Waals surface area contributed by atoms with Crippen LogP contribution in [0, 0.1) is 0 Å². The highest BCUT2D eigenvalue weighted by Gasteiger charge is 2.22. The van der Waals surface area contributed by atoms with Gasteiger partial charge in [0.25, 0.3) is 0 Å². The highest BCUT2D eigenvalue weighted by atomic mass is 35.5. The highest BCUT2D eigenvalue weighted by Crippen LogP contribution is 2.23. The third-order valence-corrected chi connectivity index (χ3v) is 6.52. The van der Waals surface area contributed by atoms with E-state index in [4.69, 9.17) is 11.6 Å². The van der Waals surface area contributed by atoms with Crippen LogP contribution in [0.4, 0.5) is 0 Å². The zero-order chi connectivity index (χ0) is 20.2. The van der Waals surface area contributed by atoms with Crippen LogP contribution in [-0.2, 0) is 11.3 Å². The average molecular weight is 428 g/mol. The van der Waals surface area contributed by atoms with Crippen LogP contribution >= 0.6 is 22.9 Å². The van der Waals surface area contributed by atoms with Crippen molar-refractivity contribution in [3.05, 3.63) is 63.4 Å². The highest BCUT2D eigenvalue weighted by molar-refractivity contribution is 7.18. The summed E-state index contributed by atoms with van der Waals surface area (Å²) in [5, 5.41) is 1.15. The first-order valence-corrected chi connectivity index (χ1v) is 10.9. The monoisotopic (exact) mass is 427 g/mol. The first kappa shape index (κ1) is 20.0. The fourth-order valence-corrected chi connectivity index (χ4v) is 4.67. The van der Waals surface area contributed by atoms with Crippen molar-refractivity contribution >= 4 is 45.5 Å². The summed E-state index contributed by atoms with van der Waals surface area (Å²) in [6.45, 7) is 3.85. The quantitative estimate of drug-likeness (QED) is 0.551. The molecule has 0 atom stereocenters. The largest absolute Gasteiger partial charge is 0.340 e. The number of thiophene rings is 1. The van der Waals surface area contributed by atoms with Gasteiger partial charge in [-0.2, -0.15) is 0 Å². The van der Waals surface area contributed by atoms with Gasteiger partial charge in [-0.1, -0.05) is 35.9 Å². The number of amides is 1. The van der Waals surface area contributed by atoms with Crippen LogP contribution in [0.1, 0.15) is 28.1 Å². The lowest BCUT2D eigenvalue weighted by Gasteiger charge is -2.35. The number of carbonyl (C=O) groups excluding carboxylic acids is 2. The number of hydrogen-bond acceptors (Lipinski definition) is 5. The van der Waals surface area contributed by atoms with Gasteiger partial charge in [-0.25, -0.2) is 0 Å². The van der Waals surface area contributed by atoms with Gasteiger partial charge in [0.15, 0.2) is 5.78 Å². The second-order valence-electron chi connectivity index (χ2n) is 7.18. The van der Waals surface area contributed by atoms with Gasteiger partial charge < -0.3 is 4.90 Å². The minimum absolute atomic E-state index is 0.0164. The Morgan fingerprint density at radius 1 is 1.00 bits per heavy atom. The number of fused-ring (bicyclic) bond motifs is 1. The molecular weight excluding hydrogens is 406 g/mol. The Morgan fingerprint density at radius 3 is 2.55 bits per heavy atom. The molecule has 1 saturated heterocycles. The van der Waals surface area contributed by atoms with E-state index in [1.165, 1.54) is 16.9 Å². The van der Waals surface area contributed by atoms with E-state index in [-0.39, 0.29) is 24.5 Å². The van der Waals surface area contributed by atoms with E-state index in [0.717, 1.165) is 30.5 Å². The molecule has 29 heavy (non-hydrogen) atoms. The molecule has 0 radical (unpaired) electrons. The second kappa shape index (κ2) is 9.03. The van der Waals surface area contributed by atoms with E-state index in [1.54, 1.807) is 12.1 Å². The molecule has 0 spiro atoms. The van der Waals surface area contributed by atoms with Crippen LogP contribution < -0.4 is 0 Å². The summed E-state index contributed by atoms with van der Waals surface area (Å²) in [5.41, 5.74) is 2.25. The van der Waals surface area contributed by atoms with Crippen molar-refractivity contribution in [3.8, 4) is 0 Å². The maximum atomic E-state index is 12.5. The normalized spacial score (nSPS) is 15.0. The second-order valence-corrected chi connectivity index (χ2v) is 8.89. The number of carbonyl (C=O) groups is 2. The van der Waals surface area contributed by atoms with E-state index in [9.17, 15) is 9.59 Å². The third-order valence-electron chi connectivity index (χ3n) is 5.25. The molecule has 1 fully saturated rings. The smallest absolute Gasteiger partial charge is 0.223 e. The number of benzene rings is 1.